The third-order valence-corrected chi connectivity index (χ3v) is 6.38. The molecule has 1 amide bonds. The van der Waals surface area contributed by atoms with E-state index in [1.807, 2.05) is 60.0 Å². The van der Waals surface area contributed by atoms with E-state index in [1.165, 1.54) is 17.3 Å². The average molecular weight is 447 g/mol. The second kappa shape index (κ2) is 10.2. The molecule has 4 rings (SSSR count). The lowest BCUT2D eigenvalue weighted by Gasteiger charge is -2.18. The Hall–Kier alpha value is -3.16. The van der Waals surface area contributed by atoms with Crippen LogP contribution in [0, 0.1) is 6.92 Å². The van der Waals surface area contributed by atoms with Gasteiger partial charge < -0.3 is 5.32 Å². The zero-order chi connectivity index (χ0) is 21.5. The fourth-order valence-corrected chi connectivity index (χ4v) is 4.42. The Kier molecular flexibility index (Phi) is 6.96. The Bertz CT molecular complexity index is 1140. The van der Waals surface area contributed by atoms with E-state index >= 15 is 0 Å². The van der Waals surface area contributed by atoms with E-state index in [9.17, 15) is 4.79 Å². The molecule has 0 bridgehead atoms. The summed E-state index contributed by atoms with van der Waals surface area (Å²) in [4.78, 5) is 18.2. The quantitative estimate of drug-likeness (QED) is 0.358. The van der Waals surface area contributed by atoms with Crippen LogP contribution in [-0.4, -0.2) is 26.8 Å². The summed E-state index contributed by atoms with van der Waals surface area (Å²) in [6.45, 7) is 2.05. The summed E-state index contributed by atoms with van der Waals surface area (Å²) >= 11 is 2.95. The molecule has 2 N–H and O–H groups in total. The molecule has 31 heavy (non-hydrogen) atoms. The van der Waals surface area contributed by atoms with Crippen LogP contribution < -0.4 is 5.32 Å². The molecule has 0 saturated carbocycles. The van der Waals surface area contributed by atoms with E-state index < -0.39 is 0 Å². The molecular formula is C24H22N4OS2. The molecule has 0 spiro atoms. The van der Waals surface area contributed by atoms with Gasteiger partial charge in [-0.2, -0.15) is 0 Å². The molecular weight excluding hydrogens is 424 g/mol. The van der Waals surface area contributed by atoms with Gasteiger partial charge in [-0.25, -0.2) is 4.98 Å². The zero-order valence-electron chi connectivity index (χ0n) is 17.0. The van der Waals surface area contributed by atoms with Gasteiger partial charge in [-0.15, -0.1) is 16.4 Å². The Morgan fingerprint density at radius 3 is 2.65 bits per heavy atom. The van der Waals surface area contributed by atoms with Gasteiger partial charge in [-0.05, 0) is 35.6 Å². The average Bonchev–Trinajstić information content (AvgIpc) is 3.48. The minimum absolute atomic E-state index is 0.0600. The summed E-state index contributed by atoms with van der Waals surface area (Å²) in [5.41, 5.74) is 3.35. The van der Waals surface area contributed by atoms with Crippen molar-refractivity contribution < 1.29 is 4.79 Å². The normalized spacial score (nSPS) is 12.2. The van der Waals surface area contributed by atoms with Crippen molar-refractivity contribution in [1.82, 2.24) is 20.5 Å². The van der Waals surface area contributed by atoms with Crippen molar-refractivity contribution in [2.75, 3.05) is 5.75 Å². The lowest BCUT2D eigenvalue weighted by atomic mass is 10.0. The molecule has 2 aromatic heterocycles. The van der Waals surface area contributed by atoms with Gasteiger partial charge in [-0.1, -0.05) is 84.1 Å². The highest BCUT2D eigenvalue weighted by molar-refractivity contribution is 7.99. The second-order valence-corrected chi connectivity index (χ2v) is 8.88. The molecule has 0 saturated heterocycles. The second-order valence-electron chi connectivity index (χ2n) is 6.96. The van der Waals surface area contributed by atoms with Crippen molar-refractivity contribution in [1.29, 1.82) is 0 Å². The lowest BCUT2D eigenvalue weighted by Crippen LogP contribution is -2.30. The van der Waals surface area contributed by atoms with Crippen LogP contribution in [-0.2, 0) is 4.79 Å². The van der Waals surface area contributed by atoms with Gasteiger partial charge in [0.15, 0.2) is 0 Å². The maximum atomic E-state index is 12.7. The lowest BCUT2D eigenvalue weighted by molar-refractivity contribution is -0.119. The van der Waals surface area contributed by atoms with Gasteiger partial charge in [0.25, 0.3) is 0 Å². The molecule has 2 aromatic carbocycles. The first-order chi connectivity index (χ1) is 15.2. The van der Waals surface area contributed by atoms with Gasteiger partial charge in [0, 0.05) is 4.88 Å². The predicted octanol–water partition coefficient (Wildman–Crippen LogP) is 5.34. The fourth-order valence-electron chi connectivity index (χ4n) is 3.00. The number of carbonyl (C=O) groups is 1. The first-order valence-electron chi connectivity index (χ1n) is 9.85. The number of aromatic amines is 1. The SMILES string of the molecule is Cc1ccc(C(NC(=O)CSc2n[nH]c(/C=C/c3ccccc3)n2)c2cccs2)cc1. The first-order valence-corrected chi connectivity index (χ1v) is 11.7. The molecule has 2 heterocycles. The first kappa shape index (κ1) is 21.1. The monoisotopic (exact) mass is 446 g/mol. The molecule has 0 fully saturated rings. The highest BCUT2D eigenvalue weighted by Crippen LogP contribution is 2.26. The number of hydrogen-bond acceptors (Lipinski definition) is 5. The number of hydrogen-bond donors (Lipinski definition) is 2. The van der Waals surface area contributed by atoms with Crippen LogP contribution in [0.15, 0.2) is 77.3 Å². The number of nitrogens with one attached hydrogen (secondary N) is 2. The van der Waals surface area contributed by atoms with Crippen LogP contribution in [0.25, 0.3) is 12.2 Å². The van der Waals surface area contributed by atoms with Gasteiger partial charge in [0.05, 0.1) is 11.8 Å². The molecule has 1 atom stereocenters. The van der Waals surface area contributed by atoms with E-state index in [-0.39, 0.29) is 17.7 Å². The number of amides is 1. The van der Waals surface area contributed by atoms with Crippen LogP contribution in [0.2, 0.25) is 0 Å². The summed E-state index contributed by atoms with van der Waals surface area (Å²) < 4.78 is 0. The van der Waals surface area contributed by atoms with Gasteiger partial charge in [0.2, 0.25) is 11.1 Å². The Labute approximate surface area is 189 Å². The summed E-state index contributed by atoms with van der Waals surface area (Å²) in [7, 11) is 0. The van der Waals surface area contributed by atoms with Crippen molar-refractivity contribution in [2.45, 2.75) is 18.1 Å². The molecule has 5 nitrogen and oxygen atoms in total. The topological polar surface area (TPSA) is 70.7 Å². The number of rotatable bonds is 8. The van der Waals surface area contributed by atoms with Crippen molar-refractivity contribution in [2.24, 2.45) is 0 Å². The number of aromatic nitrogens is 3. The molecule has 0 aliphatic heterocycles. The number of H-pyrrole nitrogens is 1. The van der Waals surface area contributed by atoms with Crippen LogP contribution in [0.5, 0.6) is 0 Å². The predicted molar refractivity (Wildman–Crippen MR) is 128 cm³/mol. The Morgan fingerprint density at radius 2 is 1.90 bits per heavy atom. The van der Waals surface area contributed by atoms with E-state index in [0.717, 1.165) is 16.0 Å². The highest BCUT2D eigenvalue weighted by Gasteiger charge is 2.18. The summed E-state index contributed by atoms with van der Waals surface area (Å²) in [5, 5.41) is 12.8. The standard InChI is InChI=1S/C24H22N4OS2/c1-17-9-12-19(13-10-17)23(20-8-5-15-30-20)26-22(29)16-31-24-25-21(27-28-24)14-11-18-6-3-2-4-7-18/h2-15,23H,16H2,1H3,(H,26,29)(H,25,27,28)/b14-11+. The fraction of sp³-hybridized carbons (Fsp3) is 0.125. The maximum absolute atomic E-state index is 12.7. The minimum Gasteiger partial charge on any atom is -0.344 e. The highest BCUT2D eigenvalue weighted by atomic mass is 32.2. The van der Waals surface area contributed by atoms with Crippen molar-refractivity contribution in [3.8, 4) is 0 Å². The van der Waals surface area contributed by atoms with Crippen LogP contribution >= 0.6 is 23.1 Å². The maximum Gasteiger partial charge on any atom is 0.231 e. The molecule has 0 aliphatic rings. The van der Waals surface area contributed by atoms with Gasteiger partial charge >= 0.3 is 0 Å². The van der Waals surface area contributed by atoms with E-state index in [0.29, 0.717) is 11.0 Å². The number of thioether (sulfide) groups is 1. The zero-order valence-corrected chi connectivity index (χ0v) is 18.6. The molecule has 156 valence electrons. The minimum atomic E-state index is -0.162. The molecule has 1 unspecified atom stereocenters. The van der Waals surface area contributed by atoms with Crippen LogP contribution in [0.3, 0.4) is 0 Å². The summed E-state index contributed by atoms with van der Waals surface area (Å²) in [5.74, 6) is 0.839. The molecule has 0 radical (unpaired) electrons. The molecule has 0 aliphatic carbocycles. The Balaban J connectivity index is 1.36. The summed E-state index contributed by atoms with van der Waals surface area (Å²) in [6.07, 6.45) is 3.84. The van der Waals surface area contributed by atoms with Crippen molar-refractivity contribution in [3.63, 3.8) is 0 Å². The number of nitrogens with zero attached hydrogens (tertiary/aromatic N) is 2. The molecule has 7 heteroatoms. The number of thiophene rings is 1. The molecule has 4 aromatic rings. The van der Waals surface area contributed by atoms with E-state index in [1.54, 1.807) is 11.3 Å². The van der Waals surface area contributed by atoms with Gasteiger partial charge in [0.1, 0.15) is 5.82 Å². The number of benzene rings is 2. The number of aryl methyl sites for hydroxylation is 1. The number of carbonyl (C=O) groups excluding carboxylic acids is 1. The van der Waals surface area contributed by atoms with Gasteiger partial charge in [-0.3, -0.25) is 9.89 Å². The van der Waals surface area contributed by atoms with E-state index in [2.05, 4.69) is 51.7 Å². The third-order valence-electron chi connectivity index (χ3n) is 4.59. The smallest absolute Gasteiger partial charge is 0.231 e. The summed E-state index contributed by atoms with van der Waals surface area (Å²) in [6, 6.07) is 22.1. The largest absolute Gasteiger partial charge is 0.344 e. The Morgan fingerprint density at radius 1 is 1.10 bits per heavy atom. The van der Waals surface area contributed by atoms with E-state index in [4.69, 9.17) is 0 Å². The van der Waals surface area contributed by atoms with Crippen molar-refractivity contribution >= 4 is 41.2 Å². The van der Waals surface area contributed by atoms with Crippen molar-refractivity contribution in [3.05, 3.63) is 99.5 Å². The van der Waals surface area contributed by atoms with Crippen LogP contribution in [0.4, 0.5) is 0 Å². The van der Waals surface area contributed by atoms with Crippen LogP contribution in [0.1, 0.15) is 33.4 Å². The third kappa shape index (κ3) is 5.93.